The lowest BCUT2D eigenvalue weighted by Gasteiger charge is -2.19. The van der Waals surface area contributed by atoms with E-state index in [1.807, 2.05) is 0 Å². The van der Waals surface area contributed by atoms with Gasteiger partial charge in [0.05, 0.1) is 0 Å². The third-order valence-corrected chi connectivity index (χ3v) is 4.29. The first-order chi connectivity index (χ1) is 9.43. The number of hydrogen-bond acceptors (Lipinski definition) is 3. The van der Waals surface area contributed by atoms with Crippen molar-refractivity contribution in [2.45, 2.75) is 24.8 Å². The molecule has 104 valence electrons. The van der Waals surface area contributed by atoms with Crippen molar-refractivity contribution in [2.75, 3.05) is 39.3 Å². The van der Waals surface area contributed by atoms with Crippen molar-refractivity contribution in [3.05, 3.63) is 35.9 Å². The van der Waals surface area contributed by atoms with Gasteiger partial charge >= 0.3 is 0 Å². The van der Waals surface area contributed by atoms with E-state index in [0.717, 1.165) is 19.0 Å². The Bertz CT molecular complexity index is 371. The Morgan fingerprint density at radius 2 is 2.05 bits per heavy atom. The molecule has 3 nitrogen and oxygen atoms in total. The fourth-order valence-electron chi connectivity index (χ4n) is 3.02. The van der Waals surface area contributed by atoms with Gasteiger partial charge in [-0.3, -0.25) is 0 Å². The van der Waals surface area contributed by atoms with E-state index in [-0.39, 0.29) is 0 Å². The van der Waals surface area contributed by atoms with Gasteiger partial charge in [0, 0.05) is 38.1 Å². The van der Waals surface area contributed by atoms with Gasteiger partial charge in [0.15, 0.2) is 0 Å². The third-order valence-electron chi connectivity index (χ3n) is 4.29. The molecule has 1 aromatic carbocycles. The number of nitrogens with zero attached hydrogens (tertiary/aromatic N) is 1. The highest BCUT2D eigenvalue weighted by molar-refractivity contribution is 5.27. The molecule has 0 aromatic heterocycles. The summed E-state index contributed by atoms with van der Waals surface area (Å²) in [5.74, 6) is 0.756. The zero-order chi connectivity index (χ0) is 12.9. The summed E-state index contributed by atoms with van der Waals surface area (Å²) in [5, 5.41) is 7.17. The zero-order valence-electron chi connectivity index (χ0n) is 11.6. The van der Waals surface area contributed by atoms with Crippen molar-refractivity contribution >= 4 is 0 Å². The maximum atomic E-state index is 3.71. The molecular formula is C16H25N3. The van der Waals surface area contributed by atoms with Crippen LogP contribution in [0.25, 0.3) is 0 Å². The molecule has 3 rings (SSSR count). The molecule has 1 heterocycles. The maximum absolute atomic E-state index is 3.71. The summed E-state index contributed by atoms with van der Waals surface area (Å²) in [4.78, 5) is 2.58. The van der Waals surface area contributed by atoms with Crippen LogP contribution in [-0.4, -0.2) is 50.2 Å². The van der Waals surface area contributed by atoms with Crippen LogP contribution in [0.4, 0.5) is 0 Å². The molecule has 3 heteroatoms. The van der Waals surface area contributed by atoms with Crippen LogP contribution in [0.1, 0.15) is 24.3 Å². The molecule has 1 aliphatic heterocycles. The van der Waals surface area contributed by atoms with Gasteiger partial charge in [-0.2, -0.15) is 0 Å². The van der Waals surface area contributed by atoms with E-state index < -0.39 is 0 Å². The normalized spacial score (nSPS) is 28.0. The van der Waals surface area contributed by atoms with E-state index in [1.165, 1.54) is 44.6 Å². The summed E-state index contributed by atoms with van der Waals surface area (Å²) in [6.45, 7) is 7.11. The topological polar surface area (TPSA) is 27.3 Å². The lowest BCUT2D eigenvalue weighted by atomic mass is 10.1. The van der Waals surface area contributed by atoms with Gasteiger partial charge in [0.2, 0.25) is 0 Å². The van der Waals surface area contributed by atoms with E-state index in [1.54, 1.807) is 0 Å². The minimum absolute atomic E-state index is 0.715. The molecule has 1 saturated carbocycles. The first-order valence-electron chi connectivity index (χ1n) is 7.65. The molecule has 0 spiro atoms. The van der Waals surface area contributed by atoms with Gasteiger partial charge in [-0.25, -0.2) is 0 Å². The van der Waals surface area contributed by atoms with Crippen molar-refractivity contribution in [3.63, 3.8) is 0 Å². The molecule has 0 amide bonds. The average molecular weight is 259 g/mol. The van der Waals surface area contributed by atoms with Crippen LogP contribution in [0.3, 0.4) is 0 Å². The quantitative estimate of drug-likeness (QED) is 0.837. The number of hydrogen-bond donors (Lipinski definition) is 2. The lowest BCUT2D eigenvalue weighted by molar-refractivity contribution is 0.291. The monoisotopic (exact) mass is 259 g/mol. The predicted molar refractivity (Wildman–Crippen MR) is 79.5 cm³/mol. The summed E-state index contributed by atoms with van der Waals surface area (Å²) in [7, 11) is 0. The van der Waals surface area contributed by atoms with Crippen LogP contribution in [0.15, 0.2) is 30.3 Å². The van der Waals surface area contributed by atoms with E-state index in [0.29, 0.717) is 6.04 Å². The molecule has 1 aliphatic carbocycles. The fraction of sp³-hybridized carbons (Fsp3) is 0.625. The number of benzene rings is 1. The van der Waals surface area contributed by atoms with Gasteiger partial charge in [-0.05, 0) is 31.5 Å². The van der Waals surface area contributed by atoms with Crippen molar-refractivity contribution in [1.82, 2.24) is 15.5 Å². The van der Waals surface area contributed by atoms with Crippen LogP contribution < -0.4 is 10.6 Å². The van der Waals surface area contributed by atoms with E-state index in [2.05, 4.69) is 45.9 Å². The molecule has 0 bridgehead atoms. The van der Waals surface area contributed by atoms with Crippen LogP contribution in [0.5, 0.6) is 0 Å². The van der Waals surface area contributed by atoms with Crippen LogP contribution >= 0.6 is 0 Å². The SMILES string of the molecule is c1ccc(C2CC2NCCN2CCCNCC2)cc1. The Morgan fingerprint density at radius 3 is 2.95 bits per heavy atom. The predicted octanol–water partition coefficient (Wildman–Crippen LogP) is 1.43. The molecular weight excluding hydrogens is 234 g/mol. The molecule has 2 N–H and O–H groups in total. The van der Waals surface area contributed by atoms with Crippen molar-refractivity contribution in [1.29, 1.82) is 0 Å². The highest BCUT2D eigenvalue weighted by Gasteiger charge is 2.37. The van der Waals surface area contributed by atoms with Crippen molar-refractivity contribution in [3.8, 4) is 0 Å². The lowest BCUT2D eigenvalue weighted by Crippen LogP contribution is -2.35. The second kappa shape index (κ2) is 6.51. The molecule has 1 saturated heterocycles. The highest BCUT2D eigenvalue weighted by Crippen LogP contribution is 2.40. The van der Waals surface area contributed by atoms with Gasteiger partial charge in [-0.15, -0.1) is 0 Å². The minimum atomic E-state index is 0.715. The Labute approximate surface area is 116 Å². The number of rotatable bonds is 5. The smallest absolute Gasteiger partial charge is 0.0143 e. The third kappa shape index (κ3) is 3.78. The summed E-state index contributed by atoms with van der Waals surface area (Å²) >= 11 is 0. The van der Waals surface area contributed by atoms with Gasteiger partial charge in [-0.1, -0.05) is 30.3 Å². The highest BCUT2D eigenvalue weighted by atomic mass is 15.2. The van der Waals surface area contributed by atoms with Gasteiger partial charge in [0.25, 0.3) is 0 Å². The molecule has 0 radical (unpaired) electrons. The van der Waals surface area contributed by atoms with Crippen LogP contribution in [0.2, 0.25) is 0 Å². The summed E-state index contributed by atoms with van der Waals surface area (Å²) in [6, 6.07) is 11.6. The van der Waals surface area contributed by atoms with E-state index >= 15 is 0 Å². The summed E-state index contributed by atoms with van der Waals surface area (Å²) in [6.07, 6.45) is 2.60. The molecule has 19 heavy (non-hydrogen) atoms. The van der Waals surface area contributed by atoms with Crippen LogP contribution in [-0.2, 0) is 0 Å². The first kappa shape index (κ1) is 13.1. The number of nitrogens with one attached hydrogen (secondary N) is 2. The minimum Gasteiger partial charge on any atom is -0.315 e. The van der Waals surface area contributed by atoms with Crippen molar-refractivity contribution in [2.24, 2.45) is 0 Å². The van der Waals surface area contributed by atoms with Crippen LogP contribution in [0, 0.1) is 0 Å². The van der Waals surface area contributed by atoms with Gasteiger partial charge < -0.3 is 15.5 Å². The molecule has 2 aliphatic rings. The van der Waals surface area contributed by atoms with Crippen molar-refractivity contribution < 1.29 is 0 Å². The Hall–Kier alpha value is -0.900. The molecule has 1 aromatic rings. The fourth-order valence-corrected chi connectivity index (χ4v) is 3.02. The second-order valence-corrected chi connectivity index (χ2v) is 5.76. The Morgan fingerprint density at radius 1 is 1.16 bits per heavy atom. The first-order valence-corrected chi connectivity index (χ1v) is 7.65. The summed E-state index contributed by atoms with van der Waals surface area (Å²) < 4.78 is 0. The van der Waals surface area contributed by atoms with E-state index in [9.17, 15) is 0 Å². The van der Waals surface area contributed by atoms with E-state index in [4.69, 9.17) is 0 Å². The summed E-state index contributed by atoms with van der Waals surface area (Å²) in [5.41, 5.74) is 1.50. The Kier molecular flexibility index (Phi) is 4.49. The second-order valence-electron chi connectivity index (χ2n) is 5.76. The standard InChI is InChI=1S/C16H25N3/c1-2-5-14(6-3-1)15-13-16(15)18-9-12-19-10-4-7-17-8-11-19/h1-3,5-6,15-18H,4,7-13H2. The largest absolute Gasteiger partial charge is 0.315 e. The zero-order valence-corrected chi connectivity index (χ0v) is 11.6. The Balaban J connectivity index is 1.35. The molecule has 2 fully saturated rings. The molecule has 2 unspecified atom stereocenters. The molecule has 2 atom stereocenters. The average Bonchev–Trinajstić information content (AvgIpc) is 3.24. The van der Waals surface area contributed by atoms with Gasteiger partial charge in [0.1, 0.15) is 0 Å². The maximum Gasteiger partial charge on any atom is 0.0143 e.